The number of nitrogens with one attached hydrogen (secondary N) is 1. The number of benzene rings is 1. The molecule has 1 aromatic carbocycles. The molecule has 1 atom stereocenters. The number of amides is 1. The Morgan fingerprint density at radius 2 is 0.806 bits per heavy atom. The molecule has 1 unspecified atom stereocenters. The molecule has 1 aromatic rings. The highest BCUT2D eigenvalue weighted by Gasteiger charge is 2.24. The average Bonchev–Trinajstić information content (AvgIpc) is 3.28. The van der Waals surface area contributed by atoms with E-state index in [4.69, 9.17) is 9.47 Å². The molecular formula is C55H100N2O5. The molecule has 360 valence electrons. The van der Waals surface area contributed by atoms with E-state index in [1.807, 2.05) is 25.2 Å². The van der Waals surface area contributed by atoms with Crippen molar-refractivity contribution in [2.24, 2.45) is 11.8 Å². The normalized spacial score (nSPS) is 12.0. The number of hydrogen-bond acceptors (Lipinski definition) is 6. The van der Waals surface area contributed by atoms with Gasteiger partial charge in [0.05, 0.1) is 24.9 Å². The smallest absolute Gasteiger partial charge is 0.308 e. The summed E-state index contributed by atoms with van der Waals surface area (Å²) < 4.78 is 12.0. The van der Waals surface area contributed by atoms with Gasteiger partial charge in [-0.3, -0.25) is 14.4 Å². The molecule has 0 aliphatic carbocycles. The van der Waals surface area contributed by atoms with Crippen molar-refractivity contribution in [3.8, 4) is 0 Å². The summed E-state index contributed by atoms with van der Waals surface area (Å²) in [5.74, 6) is -0.419. The van der Waals surface area contributed by atoms with E-state index in [0.717, 1.165) is 57.8 Å². The Balaban J connectivity index is 2.94. The zero-order chi connectivity index (χ0) is 45.1. The van der Waals surface area contributed by atoms with E-state index in [0.29, 0.717) is 19.5 Å². The predicted octanol–water partition coefficient (Wildman–Crippen LogP) is 14.9. The molecule has 0 heterocycles. The summed E-state index contributed by atoms with van der Waals surface area (Å²) in [6.45, 7) is 9.92. The van der Waals surface area contributed by atoms with Crippen molar-refractivity contribution in [1.82, 2.24) is 10.2 Å². The second-order valence-corrected chi connectivity index (χ2v) is 18.6. The highest BCUT2D eigenvalue weighted by Crippen LogP contribution is 2.23. The fourth-order valence-electron chi connectivity index (χ4n) is 8.78. The topological polar surface area (TPSA) is 84.9 Å². The quantitative estimate of drug-likeness (QED) is 0.0519. The molecular weight excluding hydrogens is 769 g/mol. The number of likely N-dealkylation sites (N-methyl/N-ethyl adjacent to an activating group) is 1. The fourth-order valence-corrected chi connectivity index (χ4v) is 8.78. The second-order valence-electron chi connectivity index (χ2n) is 18.6. The molecule has 0 spiro atoms. The van der Waals surface area contributed by atoms with Crippen molar-refractivity contribution in [2.45, 2.75) is 252 Å². The molecule has 0 radical (unpaired) electrons. The van der Waals surface area contributed by atoms with Gasteiger partial charge in [0.1, 0.15) is 13.2 Å². The average molecular weight is 869 g/mol. The first-order valence-electron chi connectivity index (χ1n) is 26.7. The number of carbonyl (C=O) groups is 3. The summed E-state index contributed by atoms with van der Waals surface area (Å²) in [5.41, 5.74) is 1.18. The van der Waals surface area contributed by atoms with E-state index < -0.39 is 0 Å². The highest BCUT2D eigenvalue weighted by molar-refractivity contribution is 5.77. The first kappa shape index (κ1) is 57.6. The molecule has 0 saturated heterocycles. The SMILES string of the molecule is CCCCCCCCCC(CCCCCCCCC)C(=O)OCCN(CCOC(=O)C(CCCCCCCCC)CCCCCCCCC)C(=O)CC(Cc1ccccc1)NC. The molecule has 0 bridgehead atoms. The third-order valence-electron chi connectivity index (χ3n) is 13.0. The van der Waals surface area contributed by atoms with Gasteiger partial charge in [0.15, 0.2) is 0 Å². The Bertz CT molecular complexity index is 1070. The van der Waals surface area contributed by atoms with Gasteiger partial charge in [-0.2, -0.15) is 0 Å². The molecule has 0 aliphatic rings. The van der Waals surface area contributed by atoms with Gasteiger partial charge in [-0.15, -0.1) is 0 Å². The molecule has 0 aliphatic heterocycles. The van der Waals surface area contributed by atoms with Gasteiger partial charge in [-0.25, -0.2) is 0 Å². The molecule has 1 rings (SSSR count). The number of nitrogens with zero attached hydrogens (tertiary/aromatic N) is 1. The van der Waals surface area contributed by atoms with Crippen molar-refractivity contribution in [2.75, 3.05) is 33.4 Å². The van der Waals surface area contributed by atoms with Crippen molar-refractivity contribution in [3.63, 3.8) is 0 Å². The van der Waals surface area contributed by atoms with Crippen LogP contribution in [-0.2, 0) is 30.3 Å². The maximum absolute atomic E-state index is 14.0. The maximum atomic E-state index is 14.0. The van der Waals surface area contributed by atoms with Crippen LogP contribution in [0.15, 0.2) is 30.3 Å². The van der Waals surface area contributed by atoms with Crippen LogP contribution in [-0.4, -0.2) is 62.1 Å². The van der Waals surface area contributed by atoms with Crippen LogP contribution in [0.25, 0.3) is 0 Å². The van der Waals surface area contributed by atoms with Gasteiger partial charge in [0.25, 0.3) is 0 Å². The predicted molar refractivity (Wildman–Crippen MR) is 264 cm³/mol. The van der Waals surface area contributed by atoms with E-state index >= 15 is 0 Å². The lowest BCUT2D eigenvalue weighted by atomic mass is 9.94. The minimum absolute atomic E-state index is 0.0160. The lowest BCUT2D eigenvalue weighted by Crippen LogP contribution is -2.42. The highest BCUT2D eigenvalue weighted by atomic mass is 16.5. The van der Waals surface area contributed by atoms with E-state index in [2.05, 4.69) is 45.1 Å². The van der Waals surface area contributed by atoms with Gasteiger partial charge in [-0.05, 0) is 44.7 Å². The molecule has 1 N–H and O–H groups in total. The molecule has 0 aromatic heterocycles. The summed E-state index contributed by atoms with van der Waals surface area (Å²) in [5, 5.41) is 3.35. The molecule has 7 heteroatoms. The van der Waals surface area contributed by atoms with Crippen LogP contribution in [0.2, 0.25) is 0 Å². The van der Waals surface area contributed by atoms with Crippen LogP contribution in [0, 0.1) is 11.8 Å². The van der Waals surface area contributed by atoms with Crippen molar-refractivity contribution < 1.29 is 23.9 Å². The molecule has 62 heavy (non-hydrogen) atoms. The van der Waals surface area contributed by atoms with E-state index in [-0.39, 0.29) is 48.9 Å². The standard InChI is InChI=1S/C55H100N2O5/c1-6-10-14-18-22-26-33-39-50(40-34-27-23-19-15-11-7-2)54(59)61-45-43-57(53(58)48-52(56-5)47-49-37-31-30-32-38-49)44-46-62-55(60)51(41-35-28-24-20-16-12-8-3)42-36-29-25-21-17-13-9-4/h30-32,37-38,50-52,56H,6-29,33-36,39-48H2,1-5H3. The van der Waals surface area contributed by atoms with Crippen molar-refractivity contribution >= 4 is 17.8 Å². The van der Waals surface area contributed by atoms with Crippen LogP contribution in [0.5, 0.6) is 0 Å². The minimum Gasteiger partial charge on any atom is -0.464 e. The Hall–Kier alpha value is -2.41. The van der Waals surface area contributed by atoms with Gasteiger partial charge in [-0.1, -0.05) is 238 Å². The zero-order valence-corrected chi connectivity index (χ0v) is 41.5. The van der Waals surface area contributed by atoms with Crippen LogP contribution < -0.4 is 5.32 Å². The number of hydrogen-bond donors (Lipinski definition) is 1. The van der Waals surface area contributed by atoms with Gasteiger partial charge >= 0.3 is 11.9 Å². The molecule has 1 amide bonds. The molecule has 0 saturated carbocycles. The third kappa shape index (κ3) is 32.3. The summed E-state index contributed by atoms with van der Waals surface area (Å²) in [6, 6.07) is 10.2. The van der Waals surface area contributed by atoms with E-state index in [1.165, 1.54) is 160 Å². The van der Waals surface area contributed by atoms with Gasteiger partial charge < -0.3 is 19.7 Å². The summed E-state index contributed by atoms with van der Waals surface area (Å²) in [6.07, 6.45) is 38.9. The van der Waals surface area contributed by atoms with Gasteiger partial charge in [0.2, 0.25) is 5.91 Å². The van der Waals surface area contributed by atoms with E-state index in [1.54, 1.807) is 4.90 Å². The Morgan fingerprint density at radius 3 is 1.13 bits per heavy atom. The van der Waals surface area contributed by atoms with Crippen LogP contribution in [0.3, 0.4) is 0 Å². The second kappa shape index (κ2) is 42.5. The van der Waals surface area contributed by atoms with Crippen molar-refractivity contribution in [3.05, 3.63) is 35.9 Å². The molecule has 7 nitrogen and oxygen atoms in total. The third-order valence-corrected chi connectivity index (χ3v) is 13.0. The Labute approximate surface area is 383 Å². The number of ether oxygens (including phenoxy) is 2. The van der Waals surface area contributed by atoms with Gasteiger partial charge in [0, 0.05) is 12.5 Å². The largest absolute Gasteiger partial charge is 0.464 e. The first-order valence-corrected chi connectivity index (χ1v) is 26.7. The number of carbonyl (C=O) groups excluding carboxylic acids is 3. The number of unbranched alkanes of at least 4 members (excludes halogenated alkanes) is 24. The summed E-state index contributed by atoms with van der Waals surface area (Å²) in [7, 11) is 1.90. The fraction of sp³-hybridized carbons (Fsp3) is 0.836. The number of rotatable bonds is 45. The number of esters is 2. The molecule has 0 fully saturated rings. The monoisotopic (exact) mass is 869 g/mol. The van der Waals surface area contributed by atoms with Crippen molar-refractivity contribution in [1.29, 1.82) is 0 Å². The lowest BCUT2D eigenvalue weighted by Gasteiger charge is -2.26. The Morgan fingerprint density at radius 1 is 0.484 bits per heavy atom. The van der Waals surface area contributed by atoms with Crippen LogP contribution >= 0.6 is 0 Å². The zero-order valence-electron chi connectivity index (χ0n) is 41.5. The Kier molecular flexibility index (Phi) is 39.5. The lowest BCUT2D eigenvalue weighted by molar-refractivity contribution is -0.152. The summed E-state index contributed by atoms with van der Waals surface area (Å²) in [4.78, 5) is 43.1. The summed E-state index contributed by atoms with van der Waals surface area (Å²) >= 11 is 0. The maximum Gasteiger partial charge on any atom is 0.308 e. The minimum atomic E-state index is -0.114. The van der Waals surface area contributed by atoms with E-state index in [9.17, 15) is 14.4 Å². The van der Waals surface area contributed by atoms with Crippen LogP contribution in [0.1, 0.15) is 245 Å². The van der Waals surface area contributed by atoms with Crippen LogP contribution in [0.4, 0.5) is 0 Å². The first-order chi connectivity index (χ1) is 30.4.